The van der Waals surface area contributed by atoms with Gasteiger partial charge in [0.15, 0.2) is 0 Å². The first-order chi connectivity index (χ1) is 5.84. The van der Waals surface area contributed by atoms with Crippen LogP contribution in [0.5, 0.6) is 0 Å². The van der Waals surface area contributed by atoms with Crippen molar-refractivity contribution < 1.29 is 0 Å². The molecular formula is C9H21N3. The lowest BCUT2D eigenvalue weighted by Gasteiger charge is -2.33. The zero-order valence-corrected chi connectivity index (χ0v) is 8.27. The Bertz CT molecular complexity index is 116. The lowest BCUT2D eigenvalue weighted by molar-refractivity contribution is 0.188. The molecule has 1 heterocycles. The van der Waals surface area contributed by atoms with Crippen molar-refractivity contribution in [1.82, 2.24) is 15.5 Å². The zero-order chi connectivity index (χ0) is 8.81. The monoisotopic (exact) mass is 171 g/mol. The molecule has 1 fully saturated rings. The number of rotatable bonds is 4. The second-order valence-corrected chi connectivity index (χ2v) is 3.58. The maximum atomic E-state index is 3.43. The number of nitrogens with one attached hydrogen (secondary N) is 2. The van der Waals surface area contributed by atoms with Crippen LogP contribution in [0.4, 0.5) is 0 Å². The summed E-state index contributed by atoms with van der Waals surface area (Å²) in [7, 11) is 4.24. The van der Waals surface area contributed by atoms with Crippen LogP contribution in [0, 0.1) is 0 Å². The highest BCUT2D eigenvalue weighted by atomic mass is 15.2. The fourth-order valence-electron chi connectivity index (χ4n) is 1.70. The molecule has 0 bridgehead atoms. The van der Waals surface area contributed by atoms with Crippen LogP contribution in [0.2, 0.25) is 0 Å². The van der Waals surface area contributed by atoms with E-state index in [1.165, 1.54) is 25.9 Å². The number of piperazine rings is 1. The van der Waals surface area contributed by atoms with Gasteiger partial charge in [-0.25, -0.2) is 0 Å². The fraction of sp³-hybridized carbons (Fsp3) is 1.00. The average molecular weight is 171 g/mol. The number of likely N-dealkylation sites (N-methyl/N-ethyl adjacent to an activating group) is 1. The Morgan fingerprint density at radius 1 is 1.58 bits per heavy atom. The van der Waals surface area contributed by atoms with Gasteiger partial charge in [-0.05, 0) is 33.5 Å². The molecule has 1 saturated heterocycles. The van der Waals surface area contributed by atoms with E-state index in [0.717, 1.165) is 19.1 Å². The van der Waals surface area contributed by atoms with Gasteiger partial charge in [0.1, 0.15) is 0 Å². The van der Waals surface area contributed by atoms with Crippen molar-refractivity contribution >= 4 is 0 Å². The SMILES string of the molecule is CNCCCC1CNCCN1C. The molecule has 3 nitrogen and oxygen atoms in total. The van der Waals surface area contributed by atoms with Gasteiger partial charge in [0.05, 0.1) is 0 Å². The normalized spacial score (nSPS) is 26.0. The van der Waals surface area contributed by atoms with Crippen LogP contribution in [-0.4, -0.2) is 51.2 Å². The van der Waals surface area contributed by atoms with E-state index in [1.54, 1.807) is 0 Å². The molecule has 0 amide bonds. The Morgan fingerprint density at radius 3 is 3.08 bits per heavy atom. The summed E-state index contributed by atoms with van der Waals surface area (Å²) in [5.41, 5.74) is 0. The molecule has 72 valence electrons. The second kappa shape index (κ2) is 5.51. The molecule has 3 heteroatoms. The van der Waals surface area contributed by atoms with Crippen LogP contribution < -0.4 is 10.6 Å². The molecule has 0 aromatic carbocycles. The maximum Gasteiger partial charge on any atom is 0.0218 e. The van der Waals surface area contributed by atoms with Crippen molar-refractivity contribution in [3.8, 4) is 0 Å². The van der Waals surface area contributed by atoms with Crippen LogP contribution in [0.15, 0.2) is 0 Å². The van der Waals surface area contributed by atoms with E-state index in [0.29, 0.717) is 0 Å². The highest BCUT2D eigenvalue weighted by Gasteiger charge is 2.16. The topological polar surface area (TPSA) is 27.3 Å². The molecule has 1 aliphatic rings. The van der Waals surface area contributed by atoms with E-state index in [2.05, 4.69) is 22.6 Å². The predicted octanol–water partition coefficient (Wildman–Crippen LogP) is -0.110. The van der Waals surface area contributed by atoms with Crippen LogP contribution in [0.1, 0.15) is 12.8 Å². The van der Waals surface area contributed by atoms with Gasteiger partial charge in [-0.2, -0.15) is 0 Å². The summed E-state index contributed by atoms with van der Waals surface area (Å²) in [6.45, 7) is 4.66. The van der Waals surface area contributed by atoms with Gasteiger partial charge in [-0.3, -0.25) is 0 Å². The molecule has 0 spiro atoms. The standard InChI is InChI=1S/C9H21N3/c1-10-5-3-4-9-8-11-6-7-12(9)2/h9-11H,3-8H2,1-2H3. The molecule has 1 atom stereocenters. The zero-order valence-electron chi connectivity index (χ0n) is 8.27. The Kier molecular flexibility index (Phi) is 4.58. The van der Waals surface area contributed by atoms with E-state index >= 15 is 0 Å². The maximum absolute atomic E-state index is 3.43. The smallest absolute Gasteiger partial charge is 0.0218 e. The Morgan fingerprint density at radius 2 is 2.42 bits per heavy atom. The van der Waals surface area contributed by atoms with Gasteiger partial charge < -0.3 is 15.5 Å². The minimum Gasteiger partial charge on any atom is -0.320 e. The van der Waals surface area contributed by atoms with E-state index in [4.69, 9.17) is 0 Å². The van der Waals surface area contributed by atoms with Gasteiger partial charge >= 0.3 is 0 Å². The molecule has 2 N–H and O–H groups in total. The van der Waals surface area contributed by atoms with Gasteiger partial charge in [0.25, 0.3) is 0 Å². The van der Waals surface area contributed by atoms with Crippen molar-refractivity contribution in [1.29, 1.82) is 0 Å². The van der Waals surface area contributed by atoms with Gasteiger partial charge in [-0.1, -0.05) is 0 Å². The number of hydrogen-bond acceptors (Lipinski definition) is 3. The first-order valence-electron chi connectivity index (χ1n) is 4.90. The summed E-state index contributed by atoms with van der Waals surface area (Å²) < 4.78 is 0. The predicted molar refractivity (Wildman–Crippen MR) is 52.4 cm³/mol. The summed E-state index contributed by atoms with van der Waals surface area (Å²) in [5.74, 6) is 0. The second-order valence-electron chi connectivity index (χ2n) is 3.58. The molecule has 12 heavy (non-hydrogen) atoms. The quantitative estimate of drug-likeness (QED) is 0.578. The summed E-state index contributed by atoms with van der Waals surface area (Å²) >= 11 is 0. The fourth-order valence-corrected chi connectivity index (χ4v) is 1.70. The highest BCUT2D eigenvalue weighted by molar-refractivity contribution is 4.76. The molecule has 1 rings (SSSR count). The van der Waals surface area contributed by atoms with Crippen LogP contribution >= 0.6 is 0 Å². The minimum atomic E-state index is 0.757. The average Bonchev–Trinajstić information content (AvgIpc) is 2.09. The largest absolute Gasteiger partial charge is 0.320 e. The van der Waals surface area contributed by atoms with Crippen molar-refractivity contribution in [3.63, 3.8) is 0 Å². The first kappa shape index (κ1) is 9.96. The highest BCUT2D eigenvalue weighted by Crippen LogP contribution is 2.06. The number of hydrogen-bond donors (Lipinski definition) is 2. The lowest BCUT2D eigenvalue weighted by Crippen LogP contribution is -2.49. The lowest BCUT2D eigenvalue weighted by atomic mass is 10.1. The minimum absolute atomic E-state index is 0.757. The molecule has 0 aromatic heterocycles. The van der Waals surface area contributed by atoms with E-state index in [-0.39, 0.29) is 0 Å². The third-order valence-electron chi connectivity index (χ3n) is 2.61. The third kappa shape index (κ3) is 3.09. The number of nitrogens with zero attached hydrogens (tertiary/aromatic N) is 1. The van der Waals surface area contributed by atoms with Crippen LogP contribution in [0.25, 0.3) is 0 Å². The Labute approximate surface area is 75.5 Å². The summed E-state index contributed by atoms with van der Waals surface area (Å²) in [6.07, 6.45) is 2.59. The van der Waals surface area contributed by atoms with Crippen LogP contribution in [0.3, 0.4) is 0 Å². The molecule has 0 saturated carbocycles. The van der Waals surface area contributed by atoms with Gasteiger partial charge in [-0.15, -0.1) is 0 Å². The van der Waals surface area contributed by atoms with Crippen molar-refractivity contribution in [2.45, 2.75) is 18.9 Å². The van der Waals surface area contributed by atoms with E-state index in [9.17, 15) is 0 Å². The molecule has 0 aliphatic carbocycles. The van der Waals surface area contributed by atoms with Crippen molar-refractivity contribution in [2.24, 2.45) is 0 Å². The Hall–Kier alpha value is -0.120. The van der Waals surface area contributed by atoms with Gasteiger partial charge in [0.2, 0.25) is 0 Å². The summed E-state index contributed by atoms with van der Waals surface area (Å²) in [6, 6.07) is 0.757. The van der Waals surface area contributed by atoms with Crippen molar-refractivity contribution in [2.75, 3.05) is 40.3 Å². The third-order valence-corrected chi connectivity index (χ3v) is 2.61. The first-order valence-corrected chi connectivity index (χ1v) is 4.90. The molecule has 1 aliphatic heterocycles. The molecule has 1 unspecified atom stereocenters. The summed E-state index contributed by atoms with van der Waals surface area (Å²) in [5, 5.41) is 6.61. The molecule has 0 radical (unpaired) electrons. The summed E-state index contributed by atoms with van der Waals surface area (Å²) in [4.78, 5) is 2.46. The van der Waals surface area contributed by atoms with E-state index in [1.807, 2.05) is 7.05 Å². The molecular weight excluding hydrogens is 150 g/mol. The van der Waals surface area contributed by atoms with Crippen molar-refractivity contribution in [3.05, 3.63) is 0 Å². The van der Waals surface area contributed by atoms with Crippen LogP contribution in [-0.2, 0) is 0 Å². The van der Waals surface area contributed by atoms with E-state index < -0.39 is 0 Å². The van der Waals surface area contributed by atoms with Gasteiger partial charge in [0, 0.05) is 25.7 Å². The molecule has 0 aromatic rings. The Balaban J connectivity index is 2.11.